The third-order valence-corrected chi connectivity index (χ3v) is 4.21. The summed E-state index contributed by atoms with van der Waals surface area (Å²) in [6, 6.07) is 19.1. The van der Waals surface area contributed by atoms with Gasteiger partial charge in [0.05, 0.1) is 6.04 Å². The van der Waals surface area contributed by atoms with Crippen LogP contribution in [0.2, 0.25) is 0 Å². The molecule has 1 saturated heterocycles. The summed E-state index contributed by atoms with van der Waals surface area (Å²) in [5.74, 6) is -0.0335. The molecule has 2 aromatic rings. The van der Waals surface area contributed by atoms with E-state index in [0.717, 1.165) is 5.56 Å². The van der Waals surface area contributed by atoms with Gasteiger partial charge in [-0.15, -0.1) is 6.58 Å². The fourth-order valence-electron chi connectivity index (χ4n) is 3.19. The molecule has 1 aliphatic heterocycles. The highest BCUT2D eigenvalue weighted by molar-refractivity contribution is 5.95. The monoisotopic (exact) mass is 307 g/mol. The van der Waals surface area contributed by atoms with E-state index < -0.39 is 5.72 Å². The Bertz CT molecular complexity index is 694. The first-order valence-corrected chi connectivity index (χ1v) is 7.78. The van der Waals surface area contributed by atoms with Crippen LogP contribution in [-0.4, -0.2) is 22.6 Å². The van der Waals surface area contributed by atoms with E-state index in [9.17, 15) is 4.79 Å². The molecular formula is C20H21NO2. The lowest BCUT2D eigenvalue weighted by Gasteiger charge is -2.34. The molecule has 0 unspecified atom stereocenters. The Morgan fingerprint density at radius 1 is 1.09 bits per heavy atom. The molecule has 0 saturated carbocycles. The zero-order valence-electron chi connectivity index (χ0n) is 13.5. The van der Waals surface area contributed by atoms with Crippen molar-refractivity contribution in [2.75, 3.05) is 0 Å². The standard InChI is InChI=1S/C20H21NO2/c1-4-17-18(15-11-7-5-8-12-15)21(20(2,3)23-17)19(22)16-13-9-6-10-14-16/h4-14,17-18H,1H2,2-3H3/t17-,18+/m1/s1. The second-order valence-corrected chi connectivity index (χ2v) is 6.16. The summed E-state index contributed by atoms with van der Waals surface area (Å²) in [4.78, 5) is 14.9. The lowest BCUT2D eigenvalue weighted by Crippen LogP contribution is -2.44. The molecule has 0 radical (unpaired) electrons. The number of hydrogen-bond acceptors (Lipinski definition) is 2. The molecule has 0 bridgehead atoms. The van der Waals surface area contributed by atoms with Gasteiger partial charge in [0.1, 0.15) is 11.8 Å². The lowest BCUT2D eigenvalue weighted by molar-refractivity contribution is -0.0540. The van der Waals surface area contributed by atoms with Crippen LogP contribution in [0.1, 0.15) is 35.8 Å². The highest BCUT2D eigenvalue weighted by Gasteiger charge is 2.49. The number of hydrogen-bond donors (Lipinski definition) is 0. The quantitative estimate of drug-likeness (QED) is 0.796. The predicted molar refractivity (Wildman–Crippen MR) is 90.9 cm³/mol. The molecule has 3 nitrogen and oxygen atoms in total. The number of rotatable bonds is 3. The van der Waals surface area contributed by atoms with Crippen LogP contribution < -0.4 is 0 Å². The minimum Gasteiger partial charge on any atom is -0.346 e. The van der Waals surface area contributed by atoms with Crippen LogP contribution in [0, 0.1) is 0 Å². The highest BCUT2D eigenvalue weighted by atomic mass is 16.5. The zero-order valence-corrected chi connectivity index (χ0v) is 13.5. The van der Waals surface area contributed by atoms with E-state index >= 15 is 0 Å². The van der Waals surface area contributed by atoms with E-state index in [1.165, 1.54) is 0 Å². The molecule has 2 aromatic carbocycles. The van der Waals surface area contributed by atoms with Gasteiger partial charge in [-0.05, 0) is 31.5 Å². The summed E-state index contributed by atoms with van der Waals surface area (Å²) in [5, 5.41) is 0. The Morgan fingerprint density at radius 3 is 2.22 bits per heavy atom. The minimum atomic E-state index is -0.702. The second kappa shape index (κ2) is 6.01. The maximum Gasteiger partial charge on any atom is 0.256 e. The molecule has 3 rings (SSSR count). The summed E-state index contributed by atoms with van der Waals surface area (Å²) in [6.07, 6.45) is 1.54. The predicted octanol–water partition coefficient (Wildman–Crippen LogP) is 4.19. The first kappa shape index (κ1) is 15.5. The molecule has 0 spiro atoms. The fourth-order valence-corrected chi connectivity index (χ4v) is 3.19. The number of amides is 1. The molecule has 0 aromatic heterocycles. The number of benzene rings is 2. The number of carbonyl (C=O) groups excluding carboxylic acids is 1. The first-order chi connectivity index (χ1) is 11.0. The molecule has 2 atom stereocenters. The van der Waals surface area contributed by atoms with Crippen molar-refractivity contribution in [3.8, 4) is 0 Å². The normalized spacial score (nSPS) is 22.8. The van der Waals surface area contributed by atoms with Crippen LogP contribution in [0.25, 0.3) is 0 Å². The maximum absolute atomic E-state index is 13.1. The molecule has 23 heavy (non-hydrogen) atoms. The number of nitrogens with zero attached hydrogens (tertiary/aromatic N) is 1. The minimum absolute atomic E-state index is 0.0335. The smallest absolute Gasteiger partial charge is 0.256 e. The highest BCUT2D eigenvalue weighted by Crippen LogP contribution is 2.42. The maximum atomic E-state index is 13.1. The molecule has 0 N–H and O–H groups in total. The molecule has 1 amide bonds. The van der Waals surface area contributed by atoms with E-state index in [0.29, 0.717) is 5.56 Å². The Balaban J connectivity index is 2.06. The third kappa shape index (κ3) is 2.80. The Morgan fingerprint density at radius 2 is 1.65 bits per heavy atom. The average molecular weight is 307 g/mol. The number of carbonyl (C=O) groups is 1. The van der Waals surface area contributed by atoms with Crippen molar-refractivity contribution in [2.24, 2.45) is 0 Å². The van der Waals surface area contributed by atoms with Crippen LogP contribution in [0.5, 0.6) is 0 Å². The molecule has 118 valence electrons. The third-order valence-electron chi connectivity index (χ3n) is 4.21. The summed E-state index contributed by atoms with van der Waals surface area (Å²) in [6.45, 7) is 7.74. The Hall–Kier alpha value is -2.39. The van der Waals surface area contributed by atoms with Crippen LogP contribution in [0.15, 0.2) is 73.3 Å². The van der Waals surface area contributed by atoms with Gasteiger partial charge < -0.3 is 9.64 Å². The summed E-state index contributed by atoms with van der Waals surface area (Å²) >= 11 is 0. The molecule has 1 heterocycles. The average Bonchev–Trinajstić information content (AvgIpc) is 2.86. The van der Waals surface area contributed by atoms with E-state index in [2.05, 4.69) is 6.58 Å². The molecule has 1 fully saturated rings. The van der Waals surface area contributed by atoms with E-state index in [1.807, 2.05) is 79.4 Å². The Kier molecular flexibility index (Phi) is 4.05. The summed E-state index contributed by atoms with van der Waals surface area (Å²) in [7, 11) is 0. The van der Waals surface area contributed by atoms with Crippen molar-refractivity contribution >= 4 is 5.91 Å². The zero-order chi connectivity index (χ0) is 16.4. The van der Waals surface area contributed by atoms with Crippen LogP contribution in [0.3, 0.4) is 0 Å². The number of ether oxygens (including phenoxy) is 1. The van der Waals surface area contributed by atoms with Crippen LogP contribution in [0.4, 0.5) is 0 Å². The van der Waals surface area contributed by atoms with Gasteiger partial charge in [0, 0.05) is 5.56 Å². The SMILES string of the molecule is C=C[C@H]1OC(C)(C)N(C(=O)c2ccccc2)[C@H]1c1ccccc1. The van der Waals surface area contributed by atoms with Gasteiger partial charge in [0.15, 0.2) is 0 Å². The van der Waals surface area contributed by atoms with Gasteiger partial charge >= 0.3 is 0 Å². The topological polar surface area (TPSA) is 29.5 Å². The van der Waals surface area contributed by atoms with Crippen LogP contribution in [-0.2, 0) is 4.74 Å². The van der Waals surface area contributed by atoms with Crippen molar-refractivity contribution in [1.29, 1.82) is 0 Å². The van der Waals surface area contributed by atoms with Gasteiger partial charge in [0.2, 0.25) is 0 Å². The molecule has 0 aliphatic carbocycles. The Labute approximate surface area is 137 Å². The summed E-state index contributed by atoms with van der Waals surface area (Å²) in [5.41, 5.74) is 1.01. The molecule has 3 heteroatoms. The van der Waals surface area contributed by atoms with Gasteiger partial charge in [-0.1, -0.05) is 54.6 Å². The first-order valence-electron chi connectivity index (χ1n) is 7.78. The van der Waals surface area contributed by atoms with Crippen molar-refractivity contribution in [2.45, 2.75) is 31.7 Å². The van der Waals surface area contributed by atoms with Crippen molar-refractivity contribution in [3.05, 3.63) is 84.4 Å². The van der Waals surface area contributed by atoms with Gasteiger partial charge in [-0.3, -0.25) is 4.79 Å². The van der Waals surface area contributed by atoms with E-state index in [4.69, 9.17) is 4.74 Å². The second-order valence-electron chi connectivity index (χ2n) is 6.16. The van der Waals surface area contributed by atoms with Crippen molar-refractivity contribution in [3.63, 3.8) is 0 Å². The van der Waals surface area contributed by atoms with Gasteiger partial charge in [0.25, 0.3) is 5.91 Å². The van der Waals surface area contributed by atoms with Crippen LogP contribution >= 0.6 is 0 Å². The fraction of sp³-hybridized carbons (Fsp3) is 0.250. The van der Waals surface area contributed by atoms with Gasteiger partial charge in [-0.25, -0.2) is 0 Å². The largest absolute Gasteiger partial charge is 0.346 e. The molecular weight excluding hydrogens is 286 g/mol. The lowest BCUT2D eigenvalue weighted by atomic mass is 9.99. The van der Waals surface area contributed by atoms with Gasteiger partial charge in [-0.2, -0.15) is 0 Å². The molecule has 1 aliphatic rings. The van der Waals surface area contributed by atoms with E-state index in [-0.39, 0.29) is 18.1 Å². The summed E-state index contributed by atoms with van der Waals surface area (Å²) < 4.78 is 6.11. The van der Waals surface area contributed by atoms with Crippen molar-refractivity contribution < 1.29 is 9.53 Å². The van der Waals surface area contributed by atoms with Crippen molar-refractivity contribution in [1.82, 2.24) is 4.90 Å². The van der Waals surface area contributed by atoms with E-state index in [1.54, 1.807) is 6.08 Å².